The van der Waals surface area contributed by atoms with Gasteiger partial charge in [-0.3, -0.25) is 4.90 Å². The lowest BCUT2D eigenvalue weighted by Crippen LogP contribution is -2.68. The van der Waals surface area contributed by atoms with E-state index in [0.29, 0.717) is 13.2 Å². The van der Waals surface area contributed by atoms with Crippen molar-refractivity contribution in [3.8, 4) is 0 Å². The molecule has 0 aromatic heterocycles. The minimum atomic E-state index is -2.76. The Morgan fingerprint density at radius 1 is 1.00 bits per heavy atom. The minimum absolute atomic E-state index is 0.161. The fourth-order valence-electron chi connectivity index (χ4n) is 5.46. The predicted octanol–water partition coefficient (Wildman–Crippen LogP) is 4.92. The summed E-state index contributed by atoms with van der Waals surface area (Å²) in [5, 5.41) is 2.22. The Hall–Kier alpha value is -2.90. The molecular formula is C30H41NO5Si. The van der Waals surface area contributed by atoms with Crippen LogP contribution in [0.25, 0.3) is 0 Å². The molecule has 2 aromatic carbocycles. The van der Waals surface area contributed by atoms with Crippen LogP contribution in [-0.4, -0.2) is 57.7 Å². The SMILES string of the molecule is CCOC(=O)/C=C/[C@@H]1[C@@H](C)CC[C@H](CO[Si](c2ccccc2)(c2ccccc2)C(C)(C)C)N1C(=O)OC. The first-order chi connectivity index (χ1) is 17.7. The summed E-state index contributed by atoms with van der Waals surface area (Å²) in [4.78, 5) is 26.9. The highest BCUT2D eigenvalue weighted by Gasteiger charge is 2.51. The molecule has 0 N–H and O–H groups in total. The van der Waals surface area contributed by atoms with E-state index in [1.807, 2.05) is 12.1 Å². The molecular weight excluding hydrogens is 482 g/mol. The minimum Gasteiger partial charge on any atom is -0.463 e. The van der Waals surface area contributed by atoms with Crippen LogP contribution in [0, 0.1) is 5.92 Å². The van der Waals surface area contributed by atoms with Gasteiger partial charge in [0.15, 0.2) is 0 Å². The molecule has 3 atom stereocenters. The van der Waals surface area contributed by atoms with Gasteiger partial charge in [0.05, 0.1) is 32.4 Å². The largest absolute Gasteiger partial charge is 0.463 e. The summed E-state index contributed by atoms with van der Waals surface area (Å²) in [6.07, 6.45) is 4.47. The van der Waals surface area contributed by atoms with Crippen LogP contribution in [0.15, 0.2) is 72.8 Å². The molecule has 0 radical (unpaired) electrons. The zero-order valence-corrected chi connectivity index (χ0v) is 24.0. The number of nitrogens with zero attached hydrogens (tertiary/aromatic N) is 1. The Labute approximate surface area is 222 Å². The van der Waals surface area contributed by atoms with Gasteiger partial charge in [0.1, 0.15) is 0 Å². The number of carbonyl (C=O) groups excluding carboxylic acids is 2. The van der Waals surface area contributed by atoms with Crippen molar-refractivity contribution in [2.24, 2.45) is 5.92 Å². The van der Waals surface area contributed by atoms with Gasteiger partial charge in [-0.1, -0.05) is 94.4 Å². The number of ether oxygens (including phenoxy) is 2. The highest BCUT2D eigenvalue weighted by Crippen LogP contribution is 2.38. The summed E-state index contributed by atoms with van der Waals surface area (Å²) < 4.78 is 17.4. The third-order valence-corrected chi connectivity index (χ3v) is 12.3. The van der Waals surface area contributed by atoms with E-state index in [2.05, 4.69) is 76.2 Å². The number of methoxy groups -OCH3 is 1. The van der Waals surface area contributed by atoms with Crippen molar-refractivity contribution in [2.45, 2.75) is 64.6 Å². The lowest BCUT2D eigenvalue weighted by molar-refractivity contribution is -0.137. The summed E-state index contributed by atoms with van der Waals surface area (Å²) >= 11 is 0. The van der Waals surface area contributed by atoms with E-state index in [9.17, 15) is 9.59 Å². The average Bonchev–Trinajstić information content (AvgIpc) is 2.89. The molecule has 6 nitrogen and oxygen atoms in total. The third-order valence-electron chi connectivity index (χ3n) is 7.26. The van der Waals surface area contributed by atoms with Gasteiger partial charge < -0.3 is 13.9 Å². The van der Waals surface area contributed by atoms with Crippen LogP contribution in [0.1, 0.15) is 47.5 Å². The zero-order chi connectivity index (χ0) is 27.1. The zero-order valence-electron chi connectivity index (χ0n) is 23.0. The maximum absolute atomic E-state index is 13.1. The highest BCUT2D eigenvalue weighted by atomic mass is 28.4. The molecule has 0 bridgehead atoms. The second-order valence-electron chi connectivity index (χ2n) is 10.7. The standard InChI is InChI=1S/C30H41NO5Si/c1-7-35-28(32)21-20-27-23(2)18-19-24(31(27)29(33)34-6)22-36-37(30(3,4)5,25-14-10-8-11-15-25)26-16-12-9-13-17-26/h8-17,20-21,23-24,27H,7,18-19,22H2,1-6H3/b21-20+/t23-,24+,27+/m0/s1. The maximum Gasteiger partial charge on any atom is 0.410 e. The van der Waals surface area contributed by atoms with Crippen molar-refractivity contribution < 1.29 is 23.5 Å². The molecule has 1 aliphatic heterocycles. The number of likely N-dealkylation sites (tertiary alicyclic amines) is 1. The van der Waals surface area contributed by atoms with Gasteiger partial charge in [-0.2, -0.15) is 0 Å². The van der Waals surface area contributed by atoms with E-state index in [4.69, 9.17) is 13.9 Å². The van der Waals surface area contributed by atoms with Crippen LogP contribution >= 0.6 is 0 Å². The molecule has 1 fully saturated rings. The molecule has 0 saturated carbocycles. The van der Waals surface area contributed by atoms with Crippen LogP contribution in [0.4, 0.5) is 4.79 Å². The molecule has 1 aliphatic rings. The molecule has 0 unspecified atom stereocenters. The number of benzene rings is 2. The molecule has 1 heterocycles. The van der Waals surface area contributed by atoms with Crippen LogP contribution < -0.4 is 10.4 Å². The first kappa shape index (κ1) is 28.7. The first-order valence-corrected chi connectivity index (χ1v) is 15.0. The van der Waals surface area contributed by atoms with E-state index in [1.165, 1.54) is 23.6 Å². The summed E-state index contributed by atoms with van der Waals surface area (Å²) in [6.45, 7) is 11.3. The van der Waals surface area contributed by atoms with Gasteiger partial charge in [-0.25, -0.2) is 9.59 Å². The summed E-state index contributed by atoms with van der Waals surface area (Å²) in [7, 11) is -1.37. The number of rotatable bonds is 8. The van der Waals surface area contributed by atoms with Gasteiger partial charge in [-0.15, -0.1) is 0 Å². The van der Waals surface area contributed by atoms with Gasteiger partial charge in [-0.05, 0) is 41.1 Å². The van der Waals surface area contributed by atoms with Crippen LogP contribution in [0.5, 0.6) is 0 Å². The summed E-state index contributed by atoms with van der Waals surface area (Å²) in [5.74, 6) is -0.251. The Morgan fingerprint density at radius 2 is 1.57 bits per heavy atom. The average molecular weight is 524 g/mol. The first-order valence-electron chi connectivity index (χ1n) is 13.1. The molecule has 2 aromatic rings. The van der Waals surface area contributed by atoms with E-state index < -0.39 is 20.4 Å². The quantitative estimate of drug-likeness (QED) is 0.279. The van der Waals surface area contributed by atoms with Gasteiger partial charge in [0.2, 0.25) is 0 Å². The van der Waals surface area contributed by atoms with Gasteiger partial charge in [0.25, 0.3) is 8.32 Å². The number of esters is 1. The topological polar surface area (TPSA) is 65.1 Å². The fraction of sp³-hybridized carbons (Fsp3) is 0.467. The normalized spacial score (nSPS) is 20.6. The summed E-state index contributed by atoms with van der Waals surface area (Å²) in [5.41, 5.74) is 0. The number of hydrogen-bond donors (Lipinski definition) is 0. The van der Waals surface area contributed by atoms with Gasteiger partial charge in [0, 0.05) is 6.08 Å². The predicted molar refractivity (Wildman–Crippen MR) is 150 cm³/mol. The Balaban J connectivity index is 2.00. The van der Waals surface area contributed by atoms with Crippen molar-refractivity contribution in [1.82, 2.24) is 4.90 Å². The third kappa shape index (κ3) is 6.33. The number of carbonyl (C=O) groups is 2. The second kappa shape index (κ2) is 12.6. The summed E-state index contributed by atoms with van der Waals surface area (Å²) in [6, 6.07) is 20.5. The fourth-order valence-corrected chi connectivity index (χ4v) is 10.1. The van der Waals surface area contributed by atoms with E-state index >= 15 is 0 Å². The molecule has 1 saturated heterocycles. The maximum atomic E-state index is 13.1. The Bertz CT molecular complexity index is 1010. The molecule has 37 heavy (non-hydrogen) atoms. The lowest BCUT2D eigenvalue weighted by Gasteiger charge is -2.47. The van der Waals surface area contributed by atoms with E-state index in [0.717, 1.165) is 12.8 Å². The molecule has 200 valence electrons. The van der Waals surface area contributed by atoms with Crippen molar-refractivity contribution in [1.29, 1.82) is 0 Å². The molecule has 1 amide bonds. The van der Waals surface area contributed by atoms with E-state index in [-0.39, 0.29) is 23.0 Å². The number of amides is 1. The second-order valence-corrected chi connectivity index (χ2v) is 15.0. The smallest absolute Gasteiger partial charge is 0.410 e. The number of hydrogen-bond acceptors (Lipinski definition) is 5. The monoisotopic (exact) mass is 523 g/mol. The lowest BCUT2D eigenvalue weighted by atomic mass is 9.87. The van der Waals surface area contributed by atoms with Crippen LogP contribution in [0.3, 0.4) is 0 Å². The molecule has 0 spiro atoms. The van der Waals surface area contributed by atoms with Crippen molar-refractivity contribution >= 4 is 30.8 Å². The van der Waals surface area contributed by atoms with Crippen LogP contribution in [0.2, 0.25) is 5.04 Å². The molecule has 7 heteroatoms. The van der Waals surface area contributed by atoms with Crippen molar-refractivity contribution in [3.63, 3.8) is 0 Å². The van der Waals surface area contributed by atoms with Crippen LogP contribution in [-0.2, 0) is 18.7 Å². The Kier molecular flexibility index (Phi) is 9.73. The van der Waals surface area contributed by atoms with E-state index in [1.54, 1.807) is 17.9 Å². The van der Waals surface area contributed by atoms with Crippen molar-refractivity contribution in [3.05, 3.63) is 72.8 Å². The Morgan fingerprint density at radius 3 is 2.05 bits per heavy atom. The van der Waals surface area contributed by atoms with Gasteiger partial charge >= 0.3 is 12.1 Å². The molecule has 0 aliphatic carbocycles. The van der Waals surface area contributed by atoms with Crippen molar-refractivity contribution in [2.75, 3.05) is 20.3 Å². The highest BCUT2D eigenvalue weighted by molar-refractivity contribution is 6.99. The molecule has 3 rings (SSSR count). The number of piperidine rings is 1.